The topological polar surface area (TPSA) is 42.0 Å². The third-order valence-electron chi connectivity index (χ3n) is 3.15. The van der Waals surface area contributed by atoms with Crippen molar-refractivity contribution in [1.29, 1.82) is 0 Å². The first-order valence-corrected chi connectivity index (χ1v) is 8.40. The summed E-state index contributed by atoms with van der Waals surface area (Å²) in [5.74, 6) is -0.258. The van der Waals surface area contributed by atoms with Gasteiger partial charge in [0, 0.05) is 16.1 Å². The lowest BCUT2D eigenvalue weighted by Gasteiger charge is -1.99. The van der Waals surface area contributed by atoms with Gasteiger partial charge < -0.3 is 0 Å². The molecule has 0 spiro atoms. The Morgan fingerprint density at radius 1 is 1.22 bits per heavy atom. The first kappa shape index (κ1) is 16.0. The Hall–Kier alpha value is -1.88. The fraction of sp³-hybridized carbons (Fsp3) is 0.0588. The highest BCUT2D eigenvalue weighted by atomic mass is 35.5. The highest BCUT2D eigenvalue weighted by Crippen LogP contribution is 2.27. The predicted octanol–water partition coefficient (Wildman–Crippen LogP) is 5.56. The van der Waals surface area contributed by atoms with Crippen molar-refractivity contribution < 1.29 is 4.79 Å². The van der Waals surface area contributed by atoms with E-state index in [4.69, 9.17) is 23.2 Å². The second-order valence-corrected chi connectivity index (χ2v) is 6.85. The number of carbonyl (C=O) groups is 1. The van der Waals surface area contributed by atoms with Crippen LogP contribution in [0.2, 0.25) is 10.0 Å². The number of rotatable bonds is 3. The summed E-state index contributed by atoms with van der Waals surface area (Å²) in [6, 6.07) is 11.1. The van der Waals surface area contributed by atoms with Crippen LogP contribution in [0.5, 0.6) is 0 Å². The lowest BCUT2D eigenvalue weighted by atomic mass is 10.2. The molecule has 3 nitrogen and oxygen atoms in total. The molecule has 0 saturated carbocycles. The van der Waals surface area contributed by atoms with E-state index in [0.717, 1.165) is 21.3 Å². The van der Waals surface area contributed by atoms with Gasteiger partial charge in [0.15, 0.2) is 5.13 Å². The monoisotopic (exact) mass is 362 g/mol. The van der Waals surface area contributed by atoms with Crippen LogP contribution in [0.15, 0.2) is 42.5 Å². The summed E-state index contributed by atoms with van der Waals surface area (Å²) >= 11 is 13.4. The summed E-state index contributed by atoms with van der Waals surface area (Å²) in [5, 5.41) is 4.39. The van der Waals surface area contributed by atoms with Gasteiger partial charge in [-0.25, -0.2) is 4.98 Å². The van der Waals surface area contributed by atoms with E-state index in [2.05, 4.69) is 10.3 Å². The molecule has 3 rings (SSSR count). The maximum Gasteiger partial charge on any atom is 0.250 e. The Kier molecular flexibility index (Phi) is 4.66. The van der Waals surface area contributed by atoms with E-state index in [0.29, 0.717) is 15.2 Å². The van der Waals surface area contributed by atoms with Gasteiger partial charge in [-0.3, -0.25) is 10.1 Å². The first-order chi connectivity index (χ1) is 11.0. The number of hydrogen-bond acceptors (Lipinski definition) is 3. The number of aryl methyl sites for hydroxylation is 1. The predicted molar refractivity (Wildman–Crippen MR) is 98.5 cm³/mol. The number of fused-ring (bicyclic) bond motifs is 1. The van der Waals surface area contributed by atoms with Crippen LogP contribution in [-0.4, -0.2) is 10.9 Å². The molecule has 1 amide bonds. The average Bonchev–Trinajstić information content (AvgIpc) is 2.87. The molecule has 0 fully saturated rings. The van der Waals surface area contributed by atoms with Gasteiger partial charge in [0.05, 0.1) is 10.2 Å². The van der Waals surface area contributed by atoms with Gasteiger partial charge in [-0.05, 0) is 48.4 Å². The minimum absolute atomic E-state index is 0.258. The fourth-order valence-electron chi connectivity index (χ4n) is 2.03. The molecule has 0 aliphatic rings. The maximum absolute atomic E-state index is 12.0. The number of amides is 1. The number of nitrogens with zero attached hydrogens (tertiary/aromatic N) is 1. The number of halogens is 2. The lowest BCUT2D eigenvalue weighted by Crippen LogP contribution is -2.07. The van der Waals surface area contributed by atoms with Crippen molar-refractivity contribution in [3.8, 4) is 0 Å². The highest BCUT2D eigenvalue weighted by molar-refractivity contribution is 7.22. The van der Waals surface area contributed by atoms with Crippen LogP contribution >= 0.6 is 34.5 Å². The third-order valence-corrected chi connectivity index (χ3v) is 4.65. The van der Waals surface area contributed by atoms with E-state index in [-0.39, 0.29) is 5.91 Å². The lowest BCUT2D eigenvalue weighted by molar-refractivity contribution is -0.111. The number of carbonyl (C=O) groups excluding carboxylic acids is 1. The molecule has 0 aliphatic heterocycles. The van der Waals surface area contributed by atoms with Crippen molar-refractivity contribution >= 4 is 61.9 Å². The SMILES string of the molecule is Cc1ccc2nc(NC(=O)C=Cc3ccc(Cl)cc3Cl)sc2c1. The van der Waals surface area contributed by atoms with E-state index in [9.17, 15) is 4.79 Å². The fourth-order valence-corrected chi connectivity index (χ4v) is 3.47. The van der Waals surface area contributed by atoms with Crippen molar-refractivity contribution in [2.45, 2.75) is 6.92 Å². The molecule has 1 N–H and O–H groups in total. The zero-order chi connectivity index (χ0) is 16.4. The molecule has 0 radical (unpaired) electrons. The Morgan fingerprint density at radius 3 is 2.83 bits per heavy atom. The van der Waals surface area contributed by atoms with Crippen LogP contribution < -0.4 is 5.32 Å². The summed E-state index contributed by atoms with van der Waals surface area (Å²) in [6.07, 6.45) is 3.07. The Labute approximate surface area is 147 Å². The number of aromatic nitrogens is 1. The molecule has 0 unspecified atom stereocenters. The molecule has 116 valence electrons. The largest absolute Gasteiger partial charge is 0.298 e. The van der Waals surface area contributed by atoms with Crippen molar-refractivity contribution in [2.75, 3.05) is 5.32 Å². The molecular weight excluding hydrogens is 351 g/mol. The molecule has 1 heterocycles. The molecule has 23 heavy (non-hydrogen) atoms. The zero-order valence-electron chi connectivity index (χ0n) is 12.1. The van der Waals surface area contributed by atoms with Gasteiger partial charge in [0.1, 0.15) is 0 Å². The van der Waals surface area contributed by atoms with Crippen molar-refractivity contribution in [3.05, 3.63) is 63.6 Å². The summed E-state index contributed by atoms with van der Waals surface area (Å²) in [6.45, 7) is 2.02. The molecular formula is C17H12Cl2N2OS. The van der Waals surface area contributed by atoms with E-state index in [1.807, 2.05) is 25.1 Å². The second kappa shape index (κ2) is 6.71. The standard InChI is InChI=1S/C17H12Cl2N2OS/c1-10-2-6-14-15(8-10)23-17(20-14)21-16(22)7-4-11-3-5-12(18)9-13(11)19/h2-9H,1H3,(H,20,21,22). The number of benzene rings is 2. The van der Waals surface area contributed by atoms with E-state index >= 15 is 0 Å². The molecule has 6 heteroatoms. The third kappa shape index (κ3) is 3.91. The molecule has 0 bridgehead atoms. The molecule has 2 aromatic carbocycles. The maximum atomic E-state index is 12.0. The van der Waals surface area contributed by atoms with Gasteiger partial charge in [-0.2, -0.15) is 0 Å². The van der Waals surface area contributed by atoms with Crippen LogP contribution in [0, 0.1) is 6.92 Å². The Balaban J connectivity index is 1.74. The normalized spacial score (nSPS) is 11.3. The summed E-state index contributed by atoms with van der Waals surface area (Å²) < 4.78 is 1.05. The first-order valence-electron chi connectivity index (χ1n) is 6.82. The Morgan fingerprint density at radius 2 is 2.04 bits per heavy atom. The zero-order valence-corrected chi connectivity index (χ0v) is 14.5. The van der Waals surface area contributed by atoms with Gasteiger partial charge in [-0.15, -0.1) is 0 Å². The smallest absolute Gasteiger partial charge is 0.250 e. The molecule has 0 atom stereocenters. The van der Waals surface area contributed by atoms with Crippen molar-refractivity contribution in [2.24, 2.45) is 0 Å². The van der Waals surface area contributed by atoms with Crippen LogP contribution in [0.4, 0.5) is 5.13 Å². The molecule has 3 aromatic rings. The van der Waals surface area contributed by atoms with Crippen molar-refractivity contribution in [1.82, 2.24) is 4.98 Å². The minimum atomic E-state index is -0.258. The summed E-state index contributed by atoms with van der Waals surface area (Å²) in [7, 11) is 0. The summed E-state index contributed by atoms with van der Waals surface area (Å²) in [4.78, 5) is 16.4. The number of thiazole rings is 1. The number of anilines is 1. The number of hydrogen-bond donors (Lipinski definition) is 1. The highest BCUT2D eigenvalue weighted by Gasteiger charge is 2.06. The average molecular weight is 363 g/mol. The molecule has 0 saturated heterocycles. The molecule has 0 aliphatic carbocycles. The van der Waals surface area contributed by atoms with Crippen LogP contribution in [0.25, 0.3) is 16.3 Å². The van der Waals surface area contributed by atoms with Crippen LogP contribution in [0.1, 0.15) is 11.1 Å². The quantitative estimate of drug-likeness (QED) is 0.619. The van der Waals surface area contributed by atoms with Gasteiger partial charge in [0.25, 0.3) is 0 Å². The van der Waals surface area contributed by atoms with E-state index in [1.54, 1.807) is 24.3 Å². The number of nitrogens with one attached hydrogen (secondary N) is 1. The van der Waals surface area contributed by atoms with E-state index < -0.39 is 0 Å². The van der Waals surface area contributed by atoms with E-state index in [1.165, 1.54) is 17.4 Å². The minimum Gasteiger partial charge on any atom is -0.298 e. The van der Waals surface area contributed by atoms with Crippen LogP contribution in [0.3, 0.4) is 0 Å². The van der Waals surface area contributed by atoms with Gasteiger partial charge in [-0.1, -0.05) is 46.7 Å². The van der Waals surface area contributed by atoms with Crippen LogP contribution in [-0.2, 0) is 4.79 Å². The van der Waals surface area contributed by atoms with Crippen molar-refractivity contribution in [3.63, 3.8) is 0 Å². The van der Waals surface area contributed by atoms with Gasteiger partial charge in [0.2, 0.25) is 5.91 Å². The Bertz CT molecular complexity index is 918. The van der Waals surface area contributed by atoms with Gasteiger partial charge >= 0.3 is 0 Å². The summed E-state index contributed by atoms with van der Waals surface area (Å²) in [5.41, 5.74) is 2.77. The molecule has 1 aromatic heterocycles. The second-order valence-electron chi connectivity index (χ2n) is 4.98.